The summed E-state index contributed by atoms with van der Waals surface area (Å²) in [6.07, 6.45) is -4.05. The first-order chi connectivity index (χ1) is 7.36. The molecule has 0 aliphatic rings. The van der Waals surface area contributed by atoms with Gasteiger partial charge < -0.3 is 0 Å². The normalized spacial score (nSPS) is 10.9. The Morgan fingerprint density at radius 1 is 1.44 bits per heavy atom. The van der Waals surface area contributed by atoms with E-state index in [0.717, 1.165) is 12.2 Å². The number of Topliss-reactive ketones (excluding diaryl/α,β-unsaturated/α-hetero) is 1. The molecule has 83 valence electrons. The Balaban J connectivity index is 3.08. The molecule has 7 heteroatoms. The number of ether oxygens (including phenoxy) is 1. The summed E-state index contributed by atoms with van der Waals surface area (Å²) in [6.45, 7) is 0. The van der Waals surface area contributed by atoms with E-state index in [2.05, 4.69) is 12.6 Å². The van der Waals surface area contributed by atoms with Crippen LogP contribution in [0.2, 0.25) is 0 Å². The Labute approximate surface area is 95.9 Å². The minimum absolute atomic E-state index is 0.123. The number of thiol groups is 1. The molecule has 0 atom stereocenters. The molecule has 0 aromatic heterocycles. The van der Waals surface area contributed by atoms with E-state index in [1.165, 1.54) is 12.1 Å². The van der Waals surface area contributed by atoms with Crippen LogP contribution in [0.4, 0.5) is 13.2 Å². The molecule has 1 aromatic rings. The van der Waals surface area contributed by atoms with E-state index in [9.17, 15) is 18.0 Å². The van der Waals surface area contributed by atoms with Crippen molar-refractivity contribution in [2.45, 2.75) is 11.1 Å². The van der Waals surface area contributed by atoms with Crippen LogP contribution in [0.15, 0.2) is 23.1 Å². The molecule has 0 amide bonds. The van der Waals surface area contributed by atoms with Crippen LogP contribution in [0, 0.1) is 0 Å². The topological polar surface area (TPSA) is 26.3 Å². The first-order valence-electron chi connectivity index (χ1n) is 4.01. The zero-order valence-corrected chi connectivity index (χ0v) is 8.68. The molecule has 0 fully saturated rings. The summed E-state index contributed by atoms with van der Waals surface area (Å²) in [6, 6.07) is 3.35. The van der Waals surface area contributed by atoms with Crippen LogP contribution in [0.5, 0.6) is 5.75 Å². The molecule has 1 rings (SSSR count). The standard InChI is InChI=1S/C9H5BF3O2S/c10-4-15-5-1-2-6(7(16)3-5)8(14)9(11,12)13/h1-4,16H. The summed E-state index contributed by atoms with van der Waals surface area (Å²) in [7, 11) is 4.96. The van der Waals surface area contributed by atoms with Gasteiger partial charge in [-0.25, -0.2) is 0 Å². The fourth-order valence-corrected chi connectivity index (χ4v) is 1.31. The molecule has 16 heavy (non-hydrogen) atoms. The van der Waals surface area contributed by atoms with Crippen molar-refractivity contribution < 1.29 is 22.7 Å². The molecule has 0 spiro atoms. The second-order valence-electron chi connectivity index (χ2n) is 2.76. The van der Waals surface area contributed by atoms with Gasteiger partial charge in [0, 0.05) is 0 Å². The van der Waals surface area contributed by atoms with E-state index in [4.69, 9.17) is 12.2 Å². The number of carbonyl (C=O) groups excluding carboxylic acids is 1. The van der Waals surface area contributed by atoms with E-state index in [0.29, 0.717) is 0 Å². The van der Waals surface area contributed by atoms with Crippen molar-refractivity contribution in [3.63, 3.8) is 0 Å². The molecule has 0 aliphatic heterocycles. The van der Waals surface area contributed by atoms with Gasteiger partial charge in [-0.05, 0) is 0 Å². The number of hydrogen-bond donors (Lipinski definition) is 1. The zero-order valence-electron chi connectivity index (χ0n) is 7.78. The van der Waals surface area contributed by atoms with Crippen LogP contribution < -0.4 is 4.74 Å². The predicted molar refractivity (Wildman–Crippen MR) is 56.5 cm³/mol. The van der Waals surface area contributed by atoms with Crippen LogP contribution >= 0.6 is 12.6 Å². The van der Waals surface area contributed by atoms with E-state index >= 15 is 0 Å². The molecule has 0 unspecified atom stereocenters. The van der Waals surface area contributed by atoms with Crippen molar-refractivity contribution in [2.24, 2.45) is 0 Å². The Morgan fingerprint density at radius 2 is 2.06 bits per heavy atom. The number of halogens is 3. The van der Waals surface area contributed by atoms with E-state index in [1.807, 2.05) is 0 Å². The van der Waals surface area contributed by atoms with Crippen molar-refractivity contribution in [3.8, 4) is 5.75 Å². The molecule has 0 saturated carbocycles. The van der Waals surface area contributed by atoms with Gasteiger partial charge in [0.15, 0.2) is 0 Å². The van der Waals surface area contributed by atoms with Crippen molar-refractivity contribution in [1.82, 2.24) is 0 Å². The molecule has 0 saturated heterocycles. The molecular weight excluding hydrogens is 240 g/mol. The molecular formula is C9H5BF3O2S. The summed E-state index contributed by atoms with van der Waals surface area (Å²) >= 11 is 3.78. The Kier molecular flexibility index (Phi) is 3.80. The molecule has 2 nitrogen and oxygen atoms in total. The van der Waals surface area contributed by atoms with Gasteiger partial charge in [-0.3, -0.25) is 0 Å². The monoisotopic (exact) mass is 245 g/mol. The van der Waals surface area contributed by atoms with Crippen molar-refractivity contribution in [2.75, 3.05) is 0 Å². The second-order valence-corrected chi connectivity index (χ2v) is 3.24. The van der Waals surface area contributed by atoms with Gasteiger partial charge in [0.05, 0.1) is 0 Å². The van der Waals surface area contributed by atoms with Gasteiger partial charge in [0.2, 0.25) is 0 Å². The molecule has 1 radical (unpaired) electrons. The Bertz CT molecular complexity index is 431. The summed E-state index contributed by atoms with van der Waals surface area (Å²) in [4.78, 5) is 10.8. The fourth-order valence-electron chi connectivity index (χ4n) is 1.01. The summed E-state index contributed by atoms with van der Waals surface area (Å²) in [5.41, 5.74) is -0.528. The zero-order chi connectivity index (χ0) is 12.3. The van der Waals surface area contributed by atoms with Crippen LogP contribution in [0.25, 0.3) is 0 Å². The van der Waals surface area contributed by atoms with E-state index in [1.54, 1.807) is 0 Å². The summed E-state index contributed by atoms with van der Waals surface area (Å²) in [5.74, 6) is -1.74. The van der Waals surface area contributed by atoms with Crippen molar-refractivity contribution in [1.29, 1.82) is 0 Å². The average molecular weight is 245 g/mol. The van der Waals surface area contributed by atoms with E-state index in [-0.39, 0.29) is 10.6 Å². The SMILES string of the molecule is [B]=COc1ccc(C(=O)C(F)(F)F)c(S)c1. The molecule has 0 bridgehead atoms. The quantitative estimate of drug-likeness (QED) is 0.501. The number of benzene rings is 1. The predicted octanol–water partition coefficient (Wildman–Crippen LogP) is 2.03. The number of rotatable bonds is 3. The first kappa shape index (κ1) is 12.8. The maximum atomic E-state index is 12.1. The van der Waals surface area contributed by atoms with Crippen molar-refractivity contribution in [3.05, 3.63) is 23.8 Å². The van der Waals surface area contributed by atoms with Crippen LogP contribution in [-0.4, -0.2) is 25.6 Å². The Morgan fingerprint density at radius 3 is 2.50 bits per heavy atom. The molecule has 0 heterocycles. The second kappa shape index (κ2) is 4.73. The summed E-state index contributed by atoms with van der Waals surface area (Å²) < 4.78 is 41.1. The number of ketones is 1. The van der Waals surface area contributed by atoms with Crippen molar-refractivity contribution >= 4 is 32.1 Å². The van der Waals surface area contributed by atoms with Crippen LogP contribution in [-0.2, 0) is 0 Å². The first-order valence-corrected chi connectivity index (χ1v) is 4.45. The summed E-state index contributed by atoms with van der Waals surface area (Å²) in [5, 5.41) is 0. The third kappa shape index (κ3) is 2.88. The van der Waals surface area contributed by atoms with Gasteiger partial charge in [-0.1, -0.05) is 0 Å². The third-order valence-corrected chi connectivity index (χ3v) is 2.05. The minimum atomic E-state index is -4.92. The Hall–Kier alpha value is -1.24. The molecule has 0 N–H and O–H groups in total. The van der Waals surface area contributed by atoms with Crippen LogP contribution in [0.3, 0.4) is 0 Å². The fraction of sp³-hybridized carbons (Fsp3) is 0.111. The van der Waals surface area contributed by atoms with Gasteiger partial charge in [0.1, 0.15) is 0 Å². The van der Waals surface area contributed by atoms with Gasteiger partial charge in [-0.2, -0.15) is 0 Å². The number of alkyl halides is 3. The van der Waals surface area contributed by atoms with Gasteiger partial charge in [0.25, 0.3) is 0 Å². The number of carbonyl (C=O) groups is 1. The maximum absolute atomic E-state index is 12.1. The van der Waals surface area contributed by atoms with Gasteiger partial charge in [-0.15, -0.1) is 0 Å². The van der Waals surface area contributed by atoms with Gasteiger partial charge >= 0.3 is 95.3 Å². The third-order valence-electron chi connectivity index (χ3n) is 1.68. The van der Waals surface area contributed by atoms with E-state index < -0.39 is 17.5 Å². The average Bonchev–Trinajstić information content (AvgIpc) is 2.16. The van der Waals surface area contributed by atoms with Crippen LogP contribution in [0.1, 0.15) is 10.4 Å². The molecule has 0 aliphatic carbocycles. The molecule has 1 aromatic carbocycles. The number of hydrogen-bond acceptors (Lipinski definition) is 3.